The van der Waals surface area contributed by atoms with Gasteiger partial charge in [-0.2, -0.15) is 5.01 Å². The number of hydrazine groups is 1. The monoisotopic (exact) mass is 398 g/mol. The van der Waals surface area contributed by atoms with E-state index in [1.807, 2.05) is 24.3 Å². The Kier molecular flexibility index (Phi) is 6.67. The fourth-order valence-electron chi connectivity index (χ4n) is 3.05. The minimum atomic E-state index is -1.21. The van der Waals surface area contributed by atoms with E-state index >= 15 is 0 Å². The summed E-state index contributed by atoms with van der Waals surface area (Å²) in [7, 11) is 0. The molecule has 1 aliphatic rings. The van der Waals surface area contributed by atoms with Gasteiger partial charge in [-0.25, -0.2) is 19.4 Å². The van der Waals surface area contributed by atoms with Crippen LogP contribution in [0.1, 0.15) is 24.0 Å². The van der Waals surface area contributed by atoms with Crippen LogP contribution < -0.4 is 0 Å². The number of carboxylic acids is 1. The van der Waals surface area contributed by atoms with Crippen LogP contribution in [-0.4, -0.2) is 45.9 Å². The van der Waals surface area contributed by atoms with E-state index < -0.39 is 24.2 Å². The van der Waals surface area contributed by atoms with Crippen molar-refractivity contribution >= 4 is 18.2 Å². The number of benzene rings is 2. The number of hydrogen-bond acceptors (Lipinski definition) is 5. The molecule has 8 nitrogen and oxygen atoms in total. The third kappa shape index (κ3) is 5.25. The predicted molar refractivity (Wildman–Crippen MR) is 102 cm³/mol. The Morgan fingerprint density at radius 1 is 0.862 bits per heavy atom. The number of carbonyl (C=O) groups is 3. The number of carboxylic acid groups (broad SMARTS) is 1. The first-order valence-corrected chi connectivity index (χ1v) is 9.27. The second-order valence-electron chi connectivity index (χ2n) is 6.54. The van der Waals surface area contributed by atoms with Crippen molar-refractivity contribution in [3.05, 3.63) is 71.8 Å². The molecule has 1 aliphatic heterocycles. The van der Waals surface area contributed by atoms with Gasteiger partial charge in [-0.1, -0.05) is 60.7 Å². The second kappa shape index (κ2) is 9.59. The number of rotatable bonds is 5. The Bertz CT molecular complexity index is 843. The summed E-state index contributed by atoms with van der Waals surface area (Å²) in [5.41, 5.74) is 1.54. The third-order valence-corrected chi connectivity index (χ3v) is 4.50. The van der Waals surface area contributed by atoms with Crippen LogP contribution in [0.5, 0.6) is 0 Å². The van der Waals surface area contributed by atoms with Gasteiger partial charge < -0.3 is 14.6 Å². The lowest BCUT2D eigenvalue weighted by Crippen LogP contribution is -2.60. The third-order valence-electron chi connectivity index (χ3n) is 4.50. The van der Waals surface area contributed by atoms with E-state index in [0.717, 1.165) is 21.1 Å². The Morgan fingerprint density at radius 2 is 1.38 bits per heavy atom. The standard InChI is InChI=1S/C21H22N2O6/c24-19(25)18-12-7-13-22(20(26)28-14-16-8-3-1-4-9-16)23(18)21(27)29-15-17-10-5-2-6-11-17/h1-6,8-11,18H,7,12-15H2,(H,24,25). The van der Waals surface area contributed by atoms with Gasteiger partial charge >= 0.3 is 18.2 Å². The highest BCUT2D eigenvalue weighted by molar-refractivity contribution is 5.82. The van der Waals surface area contributed by atoms with Crippen LogP contribution in [0.15, 0.2) is 60.7 Å². The Balaban J connectivity index is 1.69. The van der Waals surface area contributed by atoms with Gasteiger partial charge in [-0.05, 0) is 24.0 Å². The van der Waals surface area contributed by atoms with Gasteiger partial charge in [0.15, 0.2) is 6.04 Å². The zero-order valence-electron chi connectivity index (χ0n) is 15.8. The van der Waals surface area contributed by atoms with Crippen LogP contribution in [0.3, 0.4) is 0 Å². The van der Waals surface area contributed by atoms with Crippen LogP contribution in [0, 0.1) is 0 Å². The molecule has 2 aromatic rings. The van der Waals surface area contributed by atoms with Gasteiger partial charge in [-0.3, -0.25) is 0 Å². The Labute approximate surface area is 168 Å². The van der Waals surface area contributed by atoms with Crippen molar-refractivity contribution in [3.8, 4) is 0 Å². The molecule has 0 radical (unpaired) electrons. The summed E-state index contributed by atoms with van der Waals surface area (Å²) in [4.78, 5) is 36.9. The summed E-state index contributed by atoms with van der Waals surface area (Å²) in [5, 5.41) is 11.4. The average molecular weight is 398 g/mol. The van der Waals surface area contributed by atoms with Crippen molar-refractivity contribution in [1.29, 1.82) is 0 Å². The van der Waals surface area contributed by atoms with E-state index in [4.69, 9.17) is 9.47 Å². The van der Waals surface area contributed by atoms with E-state index in [2.05, 4.69) is 0 Å². The summed E-state index contributed by atoms with van der Waals surface area (Å²) in [6.45, 7) is 0.147. The van der Waals surface area contributed by atoms with Crippen LogP contribution in [0.25, 0.3) is 0 Å². The number of amides is 2. The van der Waals surface area contributed by atoms with Gasteiger partial charge in [0.05, 0.1) is 0 Å². The molecule has 0 aromatic heterocycles. The van der Waals surface area contributed by atoms with E-state index in [0.29, 0.717) is 6.42 Å². The fraction of sp³-hybridized carbons (Fsp3) is 0.286. The van der Waals surface area contributed by atoms with E-state index in [1.54, 1.807) is 36.4 Å². The largest absolute Gasteiger partial charge is 0.480 e. The molecular formula is C21H22N2O6. The van der Waals surface area contributed by atoms with Crippen LogP contribution in [-0.2, 0) is 27.5 Å². The second-order valence-corrected chi connectivity index (χ2v) is 6.54. The topological polar surface area (TPSA) is 96.4 Å². The molecular weight excluding hydrogens is 376 g/mol. The van der Waals surface area contributed by atoms with Crippen molar-refractivity contribution in [2.75, 3.05) is 6.54 Å². The molecule has 0 aliphatic carbocycles. The van der Waals surface area contributed by atoms with Crippen molar-refractivity contribution in [1.82, 2.24) is 10.0 Å². The highest BCUT2D eigenvalue weighted by Gasteiger charge is 2.41. The highest BCUT2D eigenvalue weighted by Crippen LogP contribution is 2.22. The molecule has 0 spiro atoms. The van der Waals surface area contributed by atoms with E-state index in [1.165, 1.54) is 0 Å². The van der Waals surface area contributed by atoms with Gasteiger partial charge in [0, 0.05) is 6.54 Å². The molecule has 1 fully saturated rings. The Hall–Kier alpha value is -3.55. The highest BCUT2D eigenvalue weighted by atomic mass is 16.6. The first-order chi connectivity index (χ1) is 14.1. The van der Waals surface area contributed by atoms with E-state index in [9.17, 15) is 19.5 Å². The lowest BCUT2D eigenvalue weighted by atomic mass is 10.1. The fourth-order valence-corrected chi connectivity index (χ4v) is 3.05. The van der Waals surface area contributed by atoms with Crippen LogP contribution >= 0.6 is 0 Å². The lowest BCUT2D eigenvalue weighted by molar-refractivity contribution is -0.153. The molecule has 152 valence electrons. The van der Waals surface area contributed by atoms with Crippen molar-refractivity contribution in [2.24, 2.45) is 0 Å². The SMILES string of the molecule is O=C(O)C1CCCN(C(=O)OCc2ccccc2)N1C(=O)OCc1ccccc1. The molecule has 2 aromatic carbocycles. The van der Waals surface area contributed by atoms with Crippen molar-refractivity contribution < 1.29 is 29.0 Å². The molecule has 1 heterocycles. The van der Waals surface area contributed by atoms with Gasteiger partial charge in [-0.15, -0.1) is 0 Å². The molecule has 8 heteroatoms. The first-order valence-electron chi connectivity index (χ1n) is 9.27. The maximum Gasteiger partial charge on any atom is 0.430 e. The summed E-state index contributed by atoms with van der Waals surface area (Å²) >= 11 is 0. The van der Waals surface area contributed by atoms with Crippen molar-refractivity contribution in [2.45, 2.75) is 32.1 Å². The minimum Gasteiger partial charge on any atom is -0.480 e. The zero-order valence-corrected chi connectivity index (χ0v) is 15.8. The zero-order chi connectivity index (χ0) is 20.6. The number of hydrogen-bond donors (Lipinski definition) is 1. The first kappa shape index (κ1) is 20.2. The number of ether oxygens (including phenoxy) is 2. The number of carbonyl (C=O) groups excluding carboxylic acids is 2. The maximum atomic E-state index is 12.7. The summed E-state index contributed by atoms with van der Waals surface area (Å²) < 4.78 is 10.5. The summed E-state index contributed by atoms with van der Waals surface area (Å²) in [5.74, 6) is -1.21. The molecule has 1 atom stereocenters. The smallest absolute Gasteiger partial charge is 0.430 e. The van der Waals surface area contributed by atoms with Crippen LogP contribution in [0.4, 0.5) is 9.59 Å². The van der Waals surface area contributed by atoms with Crippen molar-refractivity contribution in [3.63, 3.8) is 0 Å². The van der Waals surface area contributed by atoms with Crippen LogP contribution in [0.2, 0.25) is 0 Å². The molecule has 0 saturated carbocycles. The summed E-state index contributed by atoms with van der Waals surface area (Å²) in [6, 6.07) is 16.9. The Morgan fingerprint density at radius 3 is 1.90 bits per heavy atom. The normalized spacial score (nSPS) is 16.2. The molecule has 2 amide bonds. The van der Waals surface area contributed by atoms with Gasteiger partial charge in [0.2, 0.25) is 0 Å². The predicted octanol–water partition coefficient (Wildman–Crippen LogP) is 3.43. The quantitative estimate of drug-likeness (QED) is 0.829. The lowest BCUT2D eigenvalue weighted by Gasteiger charge is -2.40. The molecule has 0 bridgehead atoms. The molecule has 1 saturated heterocycles. The molecule has 29 heavy (non-hydrogen) atoms. The number of nitrogens with zero attached hydrogens (tertiary/aromatic N) is 2. The average Bonchev–Trinajstić information content (AvgIpc) is 2.76. The number of aliphatic carboxylic acids is 1. The molecule has 1 unspecified atom stereocenters. The van der Waals surface area contributed by atoms with E-state index in [-0.39, 0.29) is 26.2 Å². The van der Waals surface area contributed by atoms with Gasteiger partial charge in [0.1, 0.15) is 13.2 Å². The molecule has 1 N–H and O–H groups in total. The summed E-state index contributed by atoms with van der Waals surface area (Å²) in [6.07, 6.45) is -1.05. The minimum absolute atomic E-state index is 0.0147. The van der Waals surface area contributed by atoms with Gasteiger partial charge in [0.25, 0.3) is 0 Å². The maximum absolute atomic E-state index is 12.7. The molecule has 3 rings (SSSR count).